The third-order valence-corrected chi connectivity index (χ3v) is 4.61. The Morgan fingerprint density at radius 3 is 3.14 bits per heavy atom. The van der Waals surface area contributed by atoms with Gasteiger partial charge in [0.15, 0.2) is 5.65 Å². The van der Waals surface area contributed by atoms with E-state index in [4.69, 9.17) is 4.52 Å². The van der Waals surface area contributed by atoms with Gasteiger partial charge in [0.2, 0.25) is 11.7 Å². The lowest BCUT2D eigenvalue weighted by Crippen LogP contribution is -2.21. The van der Waals surface area contributed by atoms with Crippen LogP contribution in [0.15, 0.2) is 29.3 Å². The van der Waals surface area contributed by atoms with Crippen molar-refractivity contribution in [1.29, 1.82) is 0 Å². The topological polar surface area (TPSA) is 81.1 Å². The van der Waals surface area contributed by atoms with E-state index in [1.807, 2.05) is 10.6 Å². The van der Waals surface area contributed by atoms with E-state index >= 15 is 0 Å². The maximum Gasteiger partial charge on any atom is 0.231 e. The van der Waals surface area contributed by atoms with Crippen molar-refractivity contribution in [1.82, 2.24) is 29.8 Å². The van der Waals surface area contributed by atoms with Crippen LogP contribution >= 0.6 is 0 Å². The Bertz CT molecular complexity index is 809. The molecule has 0 aliphatic carbocycles. The van der Waals surface area contributed by atoms with Gasteiger partial charge in [0.05, 0.1) is 18.3 Å². The smallest absolute Gasteiger partial charge is 0.231 e. The van der Waals surface area contributed by atoms with Gasteiger partial charge in [-0.25, -0.2) is 4.98 Å². The zero-order chi connectivity index (χ0) is 13.8. The molecule has 1 N–H and O–H groups in total. The highest BCUT2D eigenvalue weighted by molar-refractivity contribution is 5.55. The highest BCUT2D eigenvalue weighted by Crippen LogP contribution is 2.39. The van der Waals surface area contributed by atoms with Crippen LogP contribution in [-0.2, 0) is 0 Å². The Morgan fingerprint density at radius 1 is 1.29 bits per heavy atom. The maximum absolute atomic E-state index is 5.52. The van der Waals surface area contributed by atoms with Gasteiger partial charge < -0.3 is 9.84 Å². The van der Waals surface area contributed by atoms with Crippen molar-refractivity contribution in [3.63, 3.8) is 0 Å². The molecule has 0 aromatic carbocycles. The first-order valence-electron chi connectivity index (χ1n) is 7.25. The van der Waals surface area contributed by atoms with Gasteiger partial charge in [-0.3, -0.25) is 9.38 Å². The first kappa shape index (κ1) is 11.4. The van der Waals surface area contributed by atoms with E-state index in [1.165, 1.54) is 12.8 Å². The Kier molecular flexibility index (Phi) is 2.23. The molecule has 21 heavy (non-hydrogen) atoms. The van der Waals surface area contributed by atoms with Crippen molar-refractivity contribution >= 4 is 5.65 Å². The summed E-state index contributed by atoms with van der Waals surface area (Å²) in [6.07, 6.45) is 10.6. The number of imidazole rings is 1. The summed E-state index contributed by atoms with van der Waals surface area (Å²) < 4.78 is 7.43. The molecular weight excluding hydrogens is 268 g/mol. The Balaban J connectivity index is 1.53. The molecule has 7 nitrogen and oxygen atoms in total. The minimum atomic E-state index is 0.353. The van der Waals surface area contributed by atoms with Crippen molar-refractivity contribution in [3.05, 3.63) is 30.7 Å². The third kappa shape index (κ3) is 1.64. The van der Waals surface area contributed by atoms with E-state index < -0.39 is 0 Å². The molecule has 2 fully saturated rings. The molecule has 2 aliphatic heterocycles. The summed E-state index contributed by atoms with van der Waals surface area (Å²) in [5, 5.41) is 7.74. The Labute approximate surface area is 120 Å². The molecule has 2 bridgehead atoms. The molecule has 106 valence electrons. The van der Waals surface area contributed by atoms with E-state index in [2.05, 4.69) is 25.4 Å². The van der Waals surface area contributed by atoms with Crippen molar-refractivity contribution in [3.8, 4) is 11.5 Å². The average Bonchev–Trinajstić information content (AvgIpc) is 3.28. The predicted octanol–water partition coefficient (Wildman–Crippen LogP) is 1.39. The molecule has 3 atom stereocenters. The SMILES string of the molecule is c1cn2c(-c3noc([C@H]4C[C@H]5CC[C@@H]4N5)n3)cnc2cn1. The minimum absolute atomic E-state index is 0.353. The second-order valence-corrected chi connectivity index (χ2v) is 5.79. The fourth-order valence-electron chi connectivity index (χ4n) is 3.59. The van der Waals surface area contributed by atoms with Crippen LogP contribution in [0.25, 0.3) is 17.2 Å². The van der Waals surface area contributed by atoms with E-state index in [1.54, 1.807) is 18.6 Å². The summed E-state index contributed by atoms with van der Waals surface area (Å²) in [6, 6.07) is 1.12. The molecule has 2 aliphatic rings. The second kappa shape index (κ2) is 4.11. The van der Waals surface area contributed by atoms with E-state index in [9.17, 15) is 0 Å². The predicted molar refractivity (Wildman–Crippen MR) is 73.6 cm³/mol. The summed E-state index contributed by atoms with van der Waals surface area (Å²) >= 11 is 0. The van der Waals surface area contributed by atoms with E-state index in [-0.39, 0.29) is 0 Å². The molecule has 5 rings (SSSR count). The minimum Gasteiger partial charge on any atom is -0.339 e. The lowest BCUT2D eigenvalue weighted by molar-refractivity contribution is 0.329. The van der Waals surface area contributed by atoms with E-state index in [0.717, 1.165) is 23.7 Å². The summed E-state index contributed by atoms with van der Waals surface area (Å²) in [7, 11) is 0. The molecule has 0 saturated carbocycles. The number of nitrogens with zero attached hydrogens (tertiary/aromatic N) is 5. The van der Waals surface area contributed by atoms with Crippen LogP contribution in [0.5, 0.6) is 0 Å². The van der Waals surface area contributed by atoms with Crippen LogP contribution in [0, 0.1) is 0 Å². The van der Waals surface area contributed by atoms with Gasteiger partial charge in [-0.2, -0.15) is 4.98 Å². The Morgan fingerprint density at radius 2 is 2.29 bits per heavy atom. The van der Waals surface area contributed by atoms with Gasteiger partial charge in [0.1, 0.15) is 5.69 Å². The number of fused-ring (bicyclic) bond motifs is 3. The van der Waals surface area contributed by atoms with E-state index in [0.29, 0.717) is 23.8 Å². The van der Waals surface area contributed by atoms with Gasteiger partial charge in [0.25, 0.3) is 0 Å². The number of hydrogen-bond acceptors (Lipinski definition) is 6. The maximum atomic E-state index is 5.52. The van der Waals surface area contributed by atoms with Crippen LogP contribution in [0.2, 0.25) is 0 Å². The number of rotatable bonds is 2. The molecule has 2 saturated heterocycles. The molecular formula is C14H14N6O. The Hall–Kier alpha value is -2.28. The molecule has 3 aromatic rings. The highest BCUT2D eigenvalue weighted by atomic mass is 16.5. The van der Waals surface area contributed by atoms with Gasteiger partial charge in [-0.1, -0.05) is 5.16 Å². The summed E-state index contributed by atoms with van der Waals surface area (Å²) in [5.41, 5.74) is 1.61. The zero-order valence-corrected chi connectivity index (χ0v) is 11.3. The quantitative estimate of drug-likeness (QED) is 0.765. The van der Waals surface area contributed by atoms with Crippen molar-refractivity contribution in [2.75, 3.05) is 0 Å². The standard InChI is InChI=1S/C14H14N6O/c1-2-10-9(5-8(1)17-10)14-18-13(19-21-14)11-6-16-12-7-15-3-4-20(11)12/h3-4,6-10,17H,1-2,5H2/t8-,9+,10+/m1/s1. The second-order valence-electron chi connectivity index (χ2n) is 5.79. The van der Waals surface area contributed by atoms with Crippen molar-refractivity contribution < 1.29 is 4.52 Å². The van der Waals surface area contributed by atoms with Gasteiger partial charge >= 0.3 is 0 Å². The number of hydrogen-bond donors (Lipinski definition) is 1. The van der Waals surface area contributed by atoms with Crippen LogP contribution in [0.1, 0.15) is 31.1 Å². The highest BCUT2D eigenvalue weighted by Gasteiger charge is 2.42. The molecule has 0 amide bonds. The normalized spacial score (nSPS) is 27.7. The fourth-order valence-corrected chi connectivity index (χ4v) is 3.59. The lowest BCUT2D eigenvalue weighted by Gasteiger charge is -2.15. The molecule has 0 radical (unpaired) electrons. The first-order valence-corrected chi connectivity index (χ1v) is 7.25. The molecule has 3 aromatic heterocycles. The lowest BCUT2D eigenvalue weighted by atomic mass is 9.89. The fraction of sp³-hybridized carbons (Fsp3) is 0.429. The molecule has 7 heteroatoms. The van der Waals surface area contributed by atoms with Gasteiger partial charge in [0, 0.05) is 24.5 Å². The molecule has 5 heterocycles. The third-order valence-electron chi connectivity index (χ3n) is 4.61. The number of nitrogens with one attached hydrogen (secondary N) is 1. The van der Waals surface area contributed by atoms with Crippen LogP contribution < -0.4 is 5.32 Å². The largest absolute Gasteiger partial charge is 0.339 e. The first-order chi connectivity index (χ1) is 10.4. The van der Waals surface area contributed by atoms with Crippen molar-refractivity contribution in [2.24, 2.45) is 0 Å². The monoisotopic (exact) mass is 282 g/mol. The van der Waals surface area contributed by atoms with Gasteiger partial charge in [-0.05, 0) is 19.3 Å². The van der Waals surface area contributed by atoms with Crippen LogP contribution in [0.4, 0.5) is 0 Å². The zero-order valence-electron chi connectivity index (χ0n) is 11.3. The van der Waals surface area contributed by atoms with Crippen molar-refractivity contribution in [2.45, 2.75) is 37.3 Å². The summed E-state index contributed by atoms with van der Waals surface area (Å²) in [5.74, 6) is 1.69. The molecule has 0 spiro atoms. The van der Waals surface area contributed by atoms with Gasteiger partial charge in [-0.15, -0.1) is 0 Å². The van der Waals surface area contributed by atoms with Crippen LogP contribution in [0.3, 0.4) is 0 Å². The number of aromatic nitrogens is 5. The summed E-state index contributed by atoms with van der Waals surface area (Å²) in [6.45, 7) is 0. The van der Waals surface area contributed by atoms with Crippen LogP contribution in [-0.4, -0.2) is 36.6 Å². The summed E-state index contributed by atoms with van der Waals surface area (Å²) in [4.78, 5) is 13.0. The molecule has 0 unspecified atom stereocenters. The average molecular weight is 282 g/mol.